The van der Waals surface area contributed by atoms with Gasteiger partial charge in [-0.1, -0.05) is 54.6 Å². The number of carboxylic acid groups (broad SMARTS) is 1. The highest BCUT2D eigenvalue weighted by Gasteiger charge is 2.22. The Kier molecular flexibility index (Phi) is 5.03. The molecule has 0 spiro atoms. The van der Waals surface area contributed by atoms with E-state index in [0.717, 1.165) is 27.6 Å². The van der Waals surface area contributed by atoms with Gasteiger partial charge in [0.25, 0.3) is 0 Å². The van der Waals surface area contributed by atoms with Gasteiger partial charge in [0.05, 0.1) is 12.0 Å². The highest BCUT2D eigenvalue weighted by Crippen LogP contribution is 2.29. The SMILES string of the molecule is CC(C)Oc1cccc(CC(C(=O)O)c2cccc3ccccc23)c1. The van der Waals surface area contributed by atoms with Crippen molar-refractivity contribution in [3.63, 3.8) is 0 Å². The molecule has 25 heavy (non-hydrogen) atoms. The van der Waals surface area contributed by atoms with Gasteiger partial charge in [-0.3, -0.25) is 4.79 Å². The third kappa shape index (κ3) is 4.00. The zero-order valence-electron chi connectivity index (χ0n) is 14.5. The van der Waals surface area contributed by atoms with E-state index >= 15 is 0 Å². The van der Waals surface area contributed by atoms with Crippen LogP contribution in [0.4, 0.5) is 0 Å². The molecule has 0 aliphatic rings. The Morgan fingerprint density at radius 1 is 1.00 bits per heavy atom. The molecule has 1 unspecified atom stereocenters. The number of carboxylic acids is 1. The Labute approximate surface area is 147 Å². The Balaban J connectivity index is 1.96. The first kappa shape index (κ1) is 17.0. The number of fused-ring (bicyclic) bond motifs is 1. The van der Waals surface area contributed by atoms with Crippen LogP contribution in [0.2, 0.25) is 0 Å². The van der Waals surface area contributed by atoms with Crippen molar-refractivity contribution in [2.24, 2.45) is 0 Å². The van der Waals surface area contributed by atoms with Crippen LogP contribution in [0.15, 0.2) is 66.7 Å². The van der Waals surface area contributed by atoms with Gasteiger partial charge in [-0.15, -0.1) is 0 Å². The van der Waals surface area contributed by atoms with Crippen LogP contribution < -0.4 is 4.74 Å². The highest BCUT2D eigenvalue weighted by molar-refractivity contribution is 5.90. The Bertz CT molecular complexity index is 878. The molecule has 0 amide bonds. The van der Waals surface area contributed by atoms with Crippen LogP contribution in [-0.2, 0) is 11.2 Å². The molecule has 0 bridgehead atoms. The molecular weight excluding hydrogens is 312 g/mol. The first-order chi connectivity index (χ1) is 12.0. The quantitative estimate of drug-likeness (QED) is 0.687. The molecule has 128 valence electrons. The molecule has 0 heterocycles. The number of benzene rings is 3. The average Bonchev–Trinajstić information content (AvgIpc) is 2.59. The topological polar surface area (TPSA) is 46.5 Å². The van der Waals surface area contributed by atoms with Crippen molar-refractivity contribution >= 4 is 16.7 Å². The lowest BCUT2D eigenvalue weighted by Crippen LogP contribution is -2.15. The molecule has 3 aromatic rings. The third-order valence-electron chi connectivity index (χ3n) is 4.21. The predicted octanol–water partition coefficient (Wildman–Crippen LogP) is 5.04. The van der Waals surface area contributed by atoms with Crippen molar-refractivity contribution in [2.45, 2.75) is 32.3 Å². The van der Waals surface area contributed by atoms with Gasteiger partial charge in [0.1, 0.15) is 5.75 Å². The van der Waals surface area contributed by atoms with Gasteiger partial charge < -0.3 is 9.84 Å². The van der Waals surface area contributed by atoms with Gasteiger partial charge in [0, 0.05) is 0 Å². The van der Waals surface area contributed by atoms with Gasteiger partial charge in [0.15, 0.2) is 0 Å². The maximum absolute atomic E-state index is 12.0. The van der Waals surface area contributed by atoms with E-state index in [4.69, 9.17) is 4.74 Å². The highest BCUT2D eigenvalue weighted by atomic mass is 16.5. The van der Waals surface area contributed by atoms with Crippen molar-refractivity contribution in [2.75, 3.05) is 0 Å². The molecular formula is C22H22O3. The number of aliphatic carboxylic acids is 1. The maximum atomic E-state index is 12.0. The molecule has 1 N–H and O–H groups in total. The Hall–Kier alpha value is -2.81. The molecule has 0 radical (unpaired) electrons. The summed E-state index contributed by atoms with van der Waals surface area (Å²) < 4.78 is 5.73. The van der Waals surface area contributed by atoms with Crippen LogP contribution >= 0.6 is 0 Å². The van der Waals surface area contributed by atoms with Crippen LogP contribution in [0.1, 0.15) is 30.9 Å². The largest absolute Gasteiger partial charge is 0.491 e. The van der Waals surface area contributed by atoms with E-state index in [9.17, 15) is 9.90 Å². The van der Waals surface area contributed by atoms with E-state index in [1.807, 2.05) is 80.6 Å². The van der Waals surface area contributed by atoms with Gasteiger partial charge >= 0.3 is 5.97 Å². The number of ether oxygens (including phenoxy) is 1. The molecule has 0 saturated heterocycles. The van der Waals surface area contributed by atoms with E-state index in [1.165, 1.54) is 0 Å². The minimum absolute atomic E-state index is 0.0867. The summed E-state index contributed by atoms with van der Waals surface area (Å²) in [5, 5.41) is 11.9. The molecule has 0 aromatic heterocycles. The second-order valence-electron chi connectivity index (χ2n) is 6.48. The number of hydrogen-bond donors (Lipinski definition) is 1. The summed E-state index contributed by atoms with van der Waals surface area (Å²) in [6, 6.07) is 21.4. The van der Waals surface area contributed by atoms with Crippen molar-refractivity contribution in [3.8, 4) is 5.75 Å². The molecule has 1 atom stereocenters. The minimum Gasteiger partial charge on any atom is -0.491 e. The summed E-state index contributed by atoms with van der Waals surface area (Å²) in [5.41, 5.74) is 1.80. The number of hydrogen-bond acceptors (Lipinski definition) is 2. The van der Waals surface area contributed by atoms with Crippen molar-refractivity contribution in [1.29, 1.82) is 0 Å². The monoisotopic (exact) mass is 334 g/mol. The van der Waals surface area contributed by atoms with E-state index in [-0.39, 0.29) is 6.10 Å². The van der Waals surface area contributed by atoms with Crippen LogP contribution in [-0.4, -0.2) is 17.2 Å². The fraction of sp³-hybridized carbons (Fsp3) is 0.227. The van der Waals surface area contributed by atoms with Gasteiger partial charge in [-0.2, -0.15) is 0 Å². The zero-order chi connectivity index (χ0) is 17.8. The predicted molar refractivity (Wildman–Crippen MR) is 100 cm³/mol. The van der Waals surface area contributed by atoms with Crippen LogP contribution in [0, 0.1) is 0 Å². The van der Waals surface area contributed by atoms with E-state index in [0.29, 0.717) is 6.42 Å². The second kappa shape index (κ2) is 7.39. The standard InChI is InChI=1S/C22H22O3/c1-15(2)25-18-10-5-7-16(13-18)14-21(22(23)24)20-12-6-9-17-8-3-4-11-19(17)20/h3-13,15,21H,14H2,1-2H3,(H,23,24). The van der Waals surface area contributed by atoms with Crippen molar-refractivity contribution < 1.29 is 14.6 Å². The van der Waals surface area contributed by atoms with Gasteiger partial charge in [0.2, 0.25) is 0 Å². The summed E-state index contributed by atoms with van der Waals surface area (Å²) in [6.45, 7) is 3.95. The van der Waals surface area contributed by atoms with E-state index < -0.39 is 11.9 Å². The molecule has 3 nitrogen and oxygen atoms in total. The third-order valence-corrected chi connectivity index (χ3v) is 4.21. The van der Waals surface area contributed by atoms with E-state index in [2.05, 4.69) is 0 Å². The summed E-state index contributed by atoms with van der Waals surface area (Å²) in [4.78, 5) is 12.0. The van der Waals surface area contributed by atoms with Gasteiger partial charge in [-0.25, -0.2) is 0 Å². The molecule has 3 heteroatoms. The van der Waals surface area contributed by atoms with E-state index in [1.54, 1.807) is 0 Å². The lowest BCUT2D eigenvalue weighted by molar-refractivity contribution is -0.138. The lowest BCUT2D eigenvalue weighted by atomic mass is 9.88. The maximum Gasteiger partial charge on any atom is 0.311 e. The van der Waals surface area contributed by atoms with Gasteiger partial charge in [-0.05, 0) is 54.3 Å². The summed E-state index contributed by atoms with van der Waals surface area (Å²) >= 11 is 0. The summed E-state index contributed by atoms with van der Waals surface area (Å²) in [6.07, 6.45) is 0.516. The zero-order valence-corrected chi connectivity index (χ0v) is 14.5. The first-order valence-electron chi connectivity index (χ1n) is 8.50. The van der Waals surface area contributed by atoms with Crippen molar-refractivity contribution in [3.05, 3.63) is 77.9 Å². The fourth-order valence-corrected chi connectivity index (χ4v) is 3.14. The normalized spacial score (nSPS) is 12.3. The van der Waals surface area contributed by atoms with Crippen molar-refractivity contribution in [1.82, 2.24) is 0 Å². The Morgan fingerprint density at radius 3 is 2.48 bits per heavy atom. The smallest absolute Gasteiger partial charge is 0.311 e. The molecule has 0 aliphatic carbocycles. The van der Waals surface area contributed by atoms with Crippen LogP contribution in [0.5, 0.6) is 5.75 Å². The first-order valence-corrected chi connectivity index (χ1v) is 8.50. The molecule has 3 aromatic carbocycles. The molecule has 0 fully saturated rings. The average molecular weight is 334 g/mol. The second-order valence-corrected chi connectivity index (χ2v) is 6.48. The molecule has 0 aliphatic heterocycles. The van der Waals surface area contributed by atoms with Crippen LogP contribution in [0.25, 0.3) is 10.8 Å². The summed E-state index contributed by atoms with van der Waals surface area (Å²) in [7, 11) is 0. The minimum atomic E-state index is -0.813. The van der Waals surface area contributed by atoms with Crippen LogP contribution in [0.3, 0.4) is 0 Å². The number of carbonyl (C=O) groups is 1. The molecule has 3 rings (SSSR count). The number of rotatable bonds is 6. The fourth-order valence-electron chi connectivity index (χ4n) is 3.14. The Morgan fingerprint density at radius 2 is 1.72 bits per heavy atom. The molecule has 0 saturated carbocycles. The summed E-state index contributed by atoms with van der Waals surface area (Å²) in [5.74, 6) is -0.638. The lowest BCUT2D eigenvalue weighted by Gasteiger charge is -2.17.